The number of rotatable bonds is 16. The Labute approximate surface area is 295 Å². The number of aliphatic carboxylic acids is 1. The molecule has 2 aliphatic heterocycles. The minimum atomic E-state index is -2.35. The van der Waals surface area contributed by atoms with Crippen molar-refractivity contribution in [2.24, 2.45) is 0 Å². The topological polar surface area (TPSA) is 309 Å². The lowest BCUT2D eigenvalue weighted by molar-refractivity contribution is -0.277. The van der Waals surface area contributed by atoms with Gasteiger partial charge in [-0.15, -0.1) is 0 Å². The molecule has 0 amide bonds. The minimum Gasteiger partial charge on any atom is -0.481 e. The van der Waals surface area contributed by atoms with E-state index in [2.05, 4.69) is 0 Å². The minimum absolute atomic E-state index is 0.158. The Morgan fingerprint density at radius 2 is 0.942 bits per heavy atom. The first-order chi connectivity index (χ1) is 24.6. The van der Waals surface area contributed by atoms with Gasteiger partial charge in [0.15, 0.2) is 0 Å². The van der Waals surface area contributed by atoms with Gasteiger partial charge < -0.3 is 79.5 Å². The van der Waals surface area contributed by atoms with Gasteiger partial charge in [0.05, 0.1) is 38.1 Å². The van der Waals surface area contributed by atoms with Gasteiger partial charge in [-0.2, -0.15) is 0 Å². The fourth-order valence-corrected chi connectivity index (χ4v) is 5.36. The molecule has 2 saturated heterocycles. The third-order valence-corrected chi connectivity index (χ3v) is 8.27. The molecular weight excluding hydrogens is 700 g/mol. The van der Waals surface area contributed by atoms with Crippen LogP contribution in [0.2, 0.25) is 0 Å². The molecule has 288 valence electrons. The number of aliphatic hydroxyl groups is 9. The summed E-state index contributed by atoms with van der Waals surface area (Å²) >= 11 is 0. The number of hydrogen-bond acceptors (Lipinski definition) is 18. The molecule has 52 heavy (non-hydrogen) atoms. The number of carbonyl (C=O) groups excluding carboxylic acids is 2. The monoisotopic (exact) mass is 742 g/mol. The number of benzene rings is 2. The molecule has 0 spiro atoms. The Kier molecular flexibility index (Phi) is 14.2. The molecule has 10 N–H and O–H groups in total. The van der Waals surface area contributed by atoms with E-state index in [9.17, 15) is 65.4 Å². The van der Waals surface area contributed by atoms with Gasteiger partial charge in [0, 0.05) is 0 Å². The molecule has 2 aromatic carbocycles. The van der Waals surface area contributed by atoms with Gasteiger partial charge in [0.2, 0.25) is 12.6 Å². The van der Waals surface area contributed by atoms with Crippen LogP contribution >= 0.6 is 0 Å². The molecule has 2 fully saturated rings. The molecule has 0 unspecified atom stereocenters. The summed E-state index contributed by atoms with van der Waals surface area (Å²) in [5, 5.41) is 98.8. The first kappa shape index (κ1) is 40.8. The zero-order chi connectivity index (χ0) is 38.2. The SMILES string of the molecule is O=C(O)CC(O)(CC(=O)OCc1ccc(O[C@@H]2O[C@H](CO)[C@@H](O)[C@H](O)[C@H]2O)cc1)CC(=O)OCc1ccc(O[C@@H]2O[C@H](CO)[C@@H](O)[C@H](O)[C@H]2O)cc1. The third-order valence-electron chi connectivity index (χ3n) is 8.27. The Morgan fingerprint density at radius 3 is 1.27 bits per heavy atom. The molecule has 19 nitrogen and oxygen atoms in total. The van der Waals surface area contributed by atoms with Crippen molar-refractivity contribution >= 4 is 17.9 Å². The summed E-state index contributed by atoms with van der Waals surface area (Å²) in [6.07, 6.45) is -17.5. The van der Waals surface area contributed by atoms with E-state index in [0.29, 0.717) is 11.1 Å². The quantitative estimate of drug-likeness (QED) is 0.0758. The van der Waals surface area contributed by atoms with Crippen LogP contribution in [0, 0.1) is 0 Å². The zero-order valence-electron chi connectivity index (χ0n) is 27.5. The molecule has 0 aliphatic carbocycles. The Hall–Kier alpha value is -3.99. The second-order valence-electron chi connectivity index (χ2n) is 12.4. The van der Waals surface area contributed by atoms with Crippen LogP contribution < -0.4 is 9.47 Å². The maximum Gasteiger partial charge on any atom is 0.309 e. The van der Waals surface area contributed by atoms with Crippen LogP contribution in [-0.4, -0.2) is 149 Å². The standard InChI is InChI=1S/C33H42O19/c34-12-20-25(40)27(42)29(44)31(51-20)49-18-5-1-16(2-6-18)14-47-23(38)10-33(46,9-22(36)37)11-24(39)48-15-17-3-7-19(8-4-17)50-32-30(45)28(43)26(41)21(13-35)52-32/h1-8,20-21,25-32,34-35,40-46H,9-15H2,(H,36,37)/t20-,21-,25-,26-,27+,28+,29-,30-,31-,32-/m1/s1. The van der Waals surface area contributed by atoms with Crippen molar-refractivity contribution in [1.29, 1.82) is 0 Å². The van der Waals surface area contributed by atoms with E-state index in [0.717, 1.165) is 0 Å². The molecule has 2 aromatic rings. The first-order valence-electron chi connectivity index (χ1n) is 16.0. The van der Waals surface area contributed by atoms with E-state index in [-0.39, 0.29) is 24.7 Å². The first-order valence-corrected chi connectivity index (χ1v) is 16.0. The molecule has 2 aliphatic rings. The maximum absolute atomic E-state index is 12.6. The molecule has 0 radical (unpaired) electrons. The van der Waals surface area contributed by atoms with Crippen LogP contribution in [0.5, 0.6) is 11.5 Å². The third kappa shape index (κ3) is 10.8. The number of esters is 2. The van der Waals surface area contributed by atoms with Gasteiger partial charge in [-0.25, -0.2) is 0 Å². The van der Waals surface area contributed by atoms with Gasteiger partial charge >= 0.3 is 17.9 Å². The predicted octanol–water partition coefficient (Wildman–Crippen LogP) is -3.18. The summed E-state index contributed by atoms with van der Waals surface area (Å²) in [7, 11) is 0. The van der Waals surface area contributed by atoms with Crippen LogP contribution in [0.15, 0.2) is 48.5 Å². The van der Waals surface area contributed by atoms with E-state index in [1.807, 2.05) is 0 Å². The summed E-state index contributed by atoms with van der Waals surface area (Å²) < 4.78 is 31.9. The highest BCUT2D eigenvalue weighted by molar-refractivity contribution is 5.78. The molecule has 2 heterocycles. The number of carbonyl (C=O) groups is 3. The average molecular weight is 743 g/mol. The number of carboxylic acid groups (broad SMARTS) is 1. The molecule has 0 bridgehead atoms. The van der Waals surface area contributed by atoms with Crippen LogP contribution in [0.3, 0.4) is 0 Å². The second-order valence-corrected chi connectivity index (χ2v) is 12.4. The average Bonchev–Trinajstić information content (AvgIpc) is 3.10. The maximum atomic E-state index is 12.6. The van der Waals surface area contributed by atoms with Crippen LogP contribution in [0.25, 0.3) is 0 Å². The number of hydrogen-bond donors (Lipinski definition) is 10. The number of ether oxygens (including phenoxy) is 6. The molecule has 10 atom stereocenters. The van der Waals surface area contributed by atoms with Crippen molar-refractivity contribution in [3.63, 3.8) is 0 Å². The van der Waals surface area contributed by atoms with Gasteiger partial charge in [-0.3, -0.25) is 14.4 Å². The van der Waals surface area contributed by atoms with E-state index in [1.54, 1.807) is 0 Å². The largest absolute Gasteiger partial charge is 0.481 e. The Morgan fingerprint density at radius 1 is 0.577 bits per heavy atom. The molecule has 0 saturated carbocycles. The van der Waals surface area contributed by atoms with Crippen molar-refractivity contribution < 1.29 is 93.9 Å². The van der Waals surface area contributed by atoms with Gasteiger partial charge in [0.25, 0.3) is 0 Å². The van der Waals surface area contributed by atoms with Crippen LogP contribution in [0.4, 0.5) is 0 Å². The lowest BCUT2D eigenvalue weighted by Crippen LogP contribution is -2.60. The normalized spacial score (nSPS) is 29.2. The van der Waals surface area contributed by atoms with Gasteiger partial charge in [-0.05, 0) is 35.4 Å². The highest BCUT2D eigenvalue weighted by Crippen LogP contribution is 2.27. The summed E-state index contributed by atoms with van der Waals surface area (Å²) in [4.78, 5) is 36.6. The fraction of sp³-hybridized carbons (Fsp3) is 0.545. The zero-order valence-corrected chi connectivity index (χ0v) is 27.5. The van der Waals surface area contributed by atoms with Crippen LogP contribution in [-0.2, 0) is 46.5 Å². The lowest BCUT2D eigenvalue weighted by Gasteiger charge is -2.39. The van der Waals surface area contributed by atoms with Crippen molar-refractivity contribution in [1.82, 2.24) is 0 Å². The summed E-state index contributed by atoms with van der Waals surface area (Å²) in [6.45, 7) is -1.90. The van der Waals surface area contributed by atoms with Crippen molar-refractivity contribution in [2.45, 2.75) is 99.5 Å². The number of aliphatic hydroxyl groups excluding tert-OH is 8. The van der Waals surface area contributed by atoms with E-state index < -0.39 is 117 Å². The highest BCUT2D eigenvalue weighted by Gasteiger charge is 2.46. The fourth-order valence-electron chi connectivity index (χ4n) is 5.36. The Balaban J connectivity index is 1.24. The Bertz CT molecular complexity index is 1370. The molecule has 0 aromatic heterocycles. The summed E-state index contributed by atoms with van der Waals surface area (Å²) in [5.41, 5.74) is -1.49. The summed E-state index contributed by atoms with van der Waals surface area (Å²) in [5.74, 6) is -3.22. The smallest absolute Gasteiger partial charge is 0.309 e. The summed E-state index contributed by atoms with van der Waals surface area (Å²) in [6, 6.07) is 11.6. The van der Waals surface area contributed by atoms with Gasteiger partial charge in [0.1, 0.15) is 73.5 Å². The predicted molar refractivity (Wildman–Crippen MR) is 168 cm³/mol. The number of carboxylic acids is 1. The van der Waals surface area contributed by atoms with E-state index >= 15 is 0 Å². The highest BCUT2D eigenvalue weighted by atomic mass is 16.7. The van der Waals surface area contributed by atoms with Gasteiger partial charge in [-0.1, -0.05) is 24.3 Å². The second kappa shape index (κ2) is 18.2. The van der Waals surface area contributed by atoms with Crippen LogP contribution in [0.1, 0.15) is 30.4 Å². The molecule has 4 rings (SSSR count). The van der Waals surface area contributed by atoms with E-state index in [1.165, 1.54) is 48.5 Å². The van der Waals surface area contributed by atoms with E-state index in [4.69, 9.17) is 28.4 Å². The van der Waals surface area contributed by atoms with Crippen molar-refractivity contribution in [3.8, 4) is 11.5 Å². The molecular formula is C33H42O19. The van der Waals surface area contributed by atoms with Crippen molar-refractivity contribution in [2.75, 3.05) is 13.2 Å². The molecule has 19 heteroatoms. The van der Waals surface area contributed by atoms with Crippen molar-refractivity contribution in [3.05, 3.63) is 59.7 Å². The lowest BCUT2D eigenvalue weighted by atomic mass is 9.92.